The molecule has 2 aromatic rings. The van der Waals surface area contributed by atoms with Crippen molar-refractivity contribution >= 4 is 23.1 Å². The Morgan fingerprint density at radius 2 is 1.86 bits per heavy atom. The summed E-state index contributed by atoms with van der Waals surface area (Å²) in [6.07, 6.45) is 2.21. The highest BCUT2D eigenvalue weighted by molar-refractivity contribution is 7.15. The number of ether oxygens (including phenoxy) is 1. The van der Waals surface area contributed by atoms with Gasteiger partial charge in [0.05, 0.1) is 16.7 Å². The maximum Gasteiger partial charge on any atom is 0.410 e. The van der Waals surface area contributed by atoms with Crippen LogP contribution in [0.2, 0.25) is 0 Å². The molecule has 0 radical (unpaired) electrons. The summed E-state index contributed by atoms with van der Waals surface area (Å²) in [6, 6.07) is 8.45. The summed E-state index contributed by atoms with van der Waals surface area (Å²) in [5.41, 5.74) is 2.84. The second-order valence-corrected chi connectivity index (χ2v) is 9.77. The fourth-order valence-corrected chi connectivity index (χ4v) is 4.95. The van der Waals surface area contributed by atoms with Crippen LogP contribution in [0.25, 0.3) is 10.6 Å². The number of piperazine rings is 1. The molecule has 156 valence electrons. The number of benzene rings is 1. The lowest BCUT2D eigenvalue weighted by atomic mass is 10.0. The minimum Gasteiger partial charge on any atom is -0.444 e. The van der Waals surface area contributed by atoms with Gasteiger partial charge in [-0.05, 0) is 64.3 Å². The normalized spacial score (nSPS) is 19.8. The van der Waals surface area contributed by atoms with Crippen molar-refractivity contribution in [1.82, 2.24) is 9.88 Å². The molecule has 1 saturated heterocycles. The van der Waals surface area contributed by atoms with Crippen LogP contribution < -0.4 is 4.90 Å². The third-order valence-electron chi connectivity index (χ3n) is 5.33. The first-order chi connectivity index (χ1) is 13.8. The lowest BCUT2D eigenvalue weighted by molar-refractivity contribution is 0.0240. The van der Waals surface area contributed by atoms with Gasteiger partial charge in [0.1, 0.15) is 10.6 Å². The smallest absolute Gasteiger partial charge is 0.410 e. The van der Waals surface area contributed by atoms with Gasteiger partial charge in [0.25, 0.3) is 0 Å². The van der Waals surface area contributed by atoms with Crippen molar-refractivity contribution in [2.75, 3.05) is 31.1 Å². The molecule has 1 N–H and O–H groups in total. The molecule has 1 aliphatic heterocycles. The molecule has 2 heterocycles. The van der Waals surface area contributed by atoms with Crippen LogP contribution in [0.5, 0.6) is 0 Å². The SMILES string of the molecule is CC(C)(C)OC(=O)N1CCN(c2ccc(-c3nc4c(s3)C(O)CCC4)cc2)CC1. The van der Waals surface area contributed by atoms with E-state index in [1.807, 2.05) is 20.8 Å². The molecule has 2 aliphatic rings. The maximum absolute atomic E-state index is 12.2. The molecular weight excluding hydrogens is 386 g/mol. The number of carbonyl (C=O) groups is 1. The van der Waals surface area contributed by atoms with Crippen LogP contribution in [-0.4, -0.2) is 52.9 Å². The molecule has 1 aliphatic carbocycles. The molecular formula is C22H29N3O3S. The molecule has 6 nitrogen and oxygen atoms in total. The van der Waals surface area contributed by atoms with Crippen LogP contribution in [0.1, 0.15) is 50.3 Å². The first kappa shape index (κ1) is 20.2. The zero-order valence-corrected chi connectivity index (χ0v) is 18.2. The average molecular weight is 416 g/mol. The summed E-state index contributed by atoms with van der Waals surface area (Å²) in [5.74, 6) is 0. The predicted molar refractivity (Wildman–Crippen MR) is 115 cm³/mol. The van der Waals surface area contributed by atoms with Gasteiger partial charge in [-0.1, -0.05) is 0 Å². The molecule has 4 rings (SSSR count). The van der Waals surface area contributed by atoms with E-state index in [-0.39, 0.29) is 12.2 Å². The summed E-state index contributed by atoms with van der Waals surface area (Å²) in [5, 5.41) is 11.2. The molecule has 1 aromatic heterocycles. The van der Waals surface area contributed by atoms with Gasteiger partial charge < -0.3 is 19.6 Å². The van der Waals surface area contributed by atoms with E-state index in [9.17, 15) is 9.90 Å². The summed E-state index contributed by atoms with van der Waals surface area (Å²) >= 11 is 1.61. The Morgan fingerprint density at radius 1 is 1.17 bits per heavy atom. The number of anilines is 1. The maximum atomic E-state index is 12.2. The van der Waals surface area contributed by atoms with Gasteiger partial charge in [-0.2, -0.15) is 0 Å². The van der Waals surface area contributed by atoms with E-state index in [4.69, 9.17) is 9.72 Å². The molecule has 7 heteroatoms. The Balaban J connectivity index is 1.39. The van der Waals surface area contributed by atoms with E-state index >= 15 is 0 Å². The molecule has 0 bridgehead atoms. The number of hydrogen-bond acceptors (Lipinski definition) is 6. The summed E-state index contributed by atoms with van der Waals surface area (Å²) in [7, 11) is 0. The Morgan fingerprint density at radius 3 is 2.48 bits per heavy atom. The standard InChI is InChI=1S/C22H29N3O3S/c1-22(2,3)28-21(27)25-13-11-24(12-14-25)16-9-7-15(8-10-16)20-23-17-5-4-6-18(26)19(17)29-20/h7-10,18,26H,4-6,11-14H2,1-3H3. The van der Waals surface area contributed by atoms with Crippen LogP contribution in [0.4, 0.5) is 10.5 Å². The van der Waals surface area contributed by atoms with E-state index < -0.39 is 5.60 Å². The first-order valence-electron chi connectivity index (χ1n) is 10.3. The molecule has 1 aromatic carbocycles. The summed E-state index contributed by atoms with van der Waals surface area (Å²) < 4.78 is 5.47. The fraction of sp³-hybridized carbons (Fsp3) is 0.545. The number of hydrogen-bond donors (Lipinski definition) is 1. The van der Waals surface area contributed by atoms with Crippen LogP contribution in [0.3, 0.4) is 0 Å². The second kappa shape index (κ2) is 7.95. The van der Waals surface area contributed by atoms with E-state index in [0.717, 1.165) is 59.2 Å². The third kappa shape index (κ3) is 4.56. The molecule has 1 unspecified atom stereocenters. The molecule has 29 heavy (non-hydrogen) atoms. The number of aryl methyl sites for hydroxylation is 1. The van der Waals surface area contributed by atoms with Crippen molar-refractivity contribution in [1.29, 1.82) is 0 Å². The van der Waals surface area contributed by atoms with Crippen LogP contribution in [0.15, 0.2) is 24.3 Å². The van der Waals surface area contributed by atoms with Gasteiger partial charge in [0.2, 0.25) is 0 Å². The Labute approximate surface area is 176 Å². The highest BCUT2D eigenvalue weighted by atomic mass is 32.1. The third-order valence-corrected chi connectivity index (χ3v) is 6.58. The molecule has 0 saturated carbocycles. The van der Waals surface area contributed by atoms with Crippen LogP contribution in [0, 0.1) is 0 Å². The van der Waals surface area contributed by atoms with Gasteiger partial charge in [-0.3, -0.25) is 0 Å². The van der Waals surface area contributed by atoms with Gasteiger partial charge in [0.15, 0.2) is 0 Å². The highest BCUT2D eigenvalue weighted by Crippen LogP contribution is 2.38. The number of aliphatic hydroxyl groups excluding tert-OH is 1. The zero-order chi connectivity index (χ0) is 20.6. The van der Waals surface area contributed by atoms with Crippen molar-refractivity contribution in [3.63, 3.8) is 0 Å². The van der Waals surface area contributed by atoms with E-state index in [1.165, 1.54) is 0 Å². The Kier molecular flexibility index (Phi) is 5.53. The molecule has 1 fully saturated rings. The predicted octanol–water partition coefficient (Wildman–Crippen LogP) is 4.24. The number of aromatic nitrogens is 1. The number of fused-ring (bicyclic) bond motifs is 1. The van der Waals surface area contributed by atoms with Crippen molar-refractivity contribution in [3.8, 4) is 10.6 Å². The van der Waals surface area contributed by atoms with Crippen LogP contribution >= 0.6 is 11.3 Å². The topological polar surface area (TPSA) is 65.9 Å². The number of amides is 1. The minimum absolute atomic E-state index is 0.234. The number of rotatable bonds is 2. The van der Waals surface area contributed by atoms with E-state index in [2.05, 4.69) is 29.2 Å². The van der Waals surface area contributed by atoms with Gasteiger partial charge in [-0.15, -0.1) is 11.3 Å². The number of carbonyl (C=O) groups excluding carboxylic acids is 1. The van der Waals surface area contributed by atoms with E-state index in [1.54, 1.807) is 16.2 Å². The Bertz CT molecular complexity index is 864. The van der Waals surface area contributed by atoms with Gasteiger partial charge in [0, 0.05) is 37.4 Å². The molecule has 1 amide bonds. The van der Waals surface area contributed by atoms with Crippen molar-refractivity contribution < 1.29 is 14.6 Å². The first-order valence-corrected chi connectivity index (χ1v) is 11.1. The van der Waals surface area contributed by atoms with Crippen LogP contribution in [-0.2, 0) is 11.2 Å². The lowest BCUT2D eigenvalue weighted by Crippen LogP contribution is -2.50. The van der Waals surface area contributed by atoms with Gasteiger partial charge >= 0.3 is 6.09 Å². The number of nitrogens with zero attached hydrogens (tertiary/aromatic N) is 3. The molecule has 0 spiro atoms. The highest BCUT2D eigenvalue weighted by Gasteiger charge is 2.26. The van der Waals surface area contributed by atoms with Gasteiger partial charge in [-0.25, -0.2) is 9.78 Å². The average Bonchev–Trinajstić information content (AvgIpc) is 3.13. The lowest BCUT2D eigenvalue weighted by Gasteiger charge is -2.36. The zero-order valence-electron chi connectivity index (χ0n) is 17.4. The summed E-state index contributed by atoms with van der Waals surface area (Å²) in [4.78, 5) is 22.1. The number of thiazole rings is 1. The largest absolute Gasteiger partial charge is 0.444 e. The monoisotopic (exact) mass is 415 g/mol. The number of aliphatic hydroxyl groups is 1. The second-order valence-electron chi connectivity index (χ2n) is 8.74. The Hall–Kier alpha value is -2.12. The van der Waals surface area contributed by atoms with E-state index in [0.29, 0.717) is 13.1 Å². The minimum atomic E-state index is -0.463. The van der Waals surface area contributed by atoms with Crippen molar-refractivity contribution in [3.05, 3.63) is 34.8 Å². The quantitative estimate of drug-likeness (QED) is 0.795. The molecule has 1 atom stereocenters. The van der Waals surface area contributed by atoms with Crippen molar-refractivity contribution in [2.24, 2.45) is 0 Å². The summed E-state index contributed by atoms with van der Waals surface area (Å²) in [6.45, 7) is 8.57. The van der Waals surface area contributed by atoms with Crippen molar-refractivity contribution in [2.45, 2.75) is 51.7 Å². The fourth-order valence-electron chi connectivity index (χ4n) is 3.81.